The van der Waals surface area contributed by atoms with Crippen LogP contribution in [-0.4, -0.2) is 56.5 Å². The molecule has 1 fully saturated rings. The van der Waals surface area contributed by atoms with Crippen molar-refractivity contribution >= 4 is 51.0 Å². The minimum atomic E-state index is -3.39. The lowest BCUT2D eigenvalue weighted by atomic mass is 9.86. The third-order valence-electron chi connectivity index (χ3n) is 6.16. The van der Waals surface area contributed by atoms with E-state index >= 15 is 0 Å². The number of fused-ring (bicyclic) bond motifs is 1. The normalized spacial score (nSPS) is 18.2. The van der Waals surface area contributed by atoms with Crippen molar-refractivity contribution in [3.63, 3.8) is 0 Å². The van der Waals surface area contributed by atoms with Crippen molar-refractivity contribution in [2.75, 3.05) is 38.4 Å². The minimum absolute atomic E-state index is 0. The van der Waals surface area contributed by atoms with Gasteiger partial charge in [-0.3, -0.25) is 0 Å². The van der Waals surface area contributed by atoms with Gasteiger partial charge >= 0.3 is 0 Å². The zero-order valence-electron chi connectivity index (χ0n) is 20.2. The molecule has 0 radical (unpaired) electrons. The first-order valence-electron chi connectivity index (χ1n) is 11.5. The predicted octanol–water partition coefficient (Wildman–Crippen LogP) is 4.17. The van der Waals surface area contributed by atoms with Crippen LogP contribution in [-0.2, 0) is 10.2 Å². The number of para-hydroxylation sites is 2. The Balaban J connectivity index is 0.00000342. The summed E-state index contributed by atoms with van der Waals surface area (Å²) in [6.07, 6.45) is 3.70. The number of nitrogens with zero attached hydrogens (tertiary/aromatic N) is 3. The lowest BCUT2D eigenvalue weighted by molar-refractivity contribution is 0.334. The van der Waals surface area contributed by atoms with Gasteiger partial charge in [-0.15, -0.1) is 12.4 Å². The lowest BCUT2D eigenvalue weighted by Crippen LogP contribution is -2.39. The number of hydrogen-bond donors (Lipinski definition) is 3. The molecule has 1 aliphatic carbocycles. The van der Waals surface area contributed by atoms with E-state index in [0.717, 1.165) is 42.3 Å². The maximum Gasteiger partial charge on any atom is 0.278 e. The molecule has 0 bridgehead atoms. The largest absolute Gasteiger partial charge is 0.494 e. The second kappa shape index (κ2) is 11.9. The summed E-state index contributed by atoms with van der Waals surface area (Å²) in [7, 11) is 1.31. The molecule has 0 aliphatic heterocycles. The van der Waals surface area contributed by atoms with E-state index in [2.05, 4.69) is 15.4 Å². The van der Waals surface area contributed by atoms with E-state index < -0.39 is 10.2 Å². The van der Waals surface area contributed by atoms with E-state index in [4.69, 9.17) is 14.7 Å². The van der Waals surface area contributed by atoms with Crippen LogP contribution in [0.25, 0.3) is 10.9 Å². The standard InChI is InChI=1S/C24H32N6O3S.ClH/c1-30(2)34(31,32)25-16-17-12-14-19(15-13-17)27-24-28-22-20(10-7-11-21(22)33-3)23(29-24)26-18-8-5-4-6-9-18;/h4-11,17,19,25H,12-16H2,1-3H3,(H2,26,27,28,29);1H. The Labute approximate surface area is 213 Å². The molecule has 3 N–H and O–H groups in total. The SMILES string of the molecule is COc1cccc2c(Nc3ccccc3)nc(NC3CCC(CNS(=O)(=O)N(C)C)CC3)nc12.Cl. The number of nitrogens with one attached hydrogen (secondary N) is 3. The molecule has 190 valence electrons. The molecule has 0 amide bonds. The van der Waals surface area contributed by atoms with E-state index in [1.807, 2.05) is 48.5 Å². The van der Waals surface area contributed by atoms with E-state index in [-0.39, 0.29) is 18.4 Å². The molecule has 1 aromatic heterocycles. The van der Waals surface area contributed by atoms with Crippen LogP contribution in [0, 0.1) is 5.92 Å². The number of methoxy groups -OCH3 is 1. The summed E-state index contributed by atoms with van der Waals surface area (Å²) in [5.41, 5.74) is 1.68. The molecule has 0 saturated heterocycles. The van der Waals surface area contributed by atoms with Gasteiger partial charge in [-0.25, -0.2) is 9.71 Å². The third kappa shape index (κ3) is 6.72. The number of halogens is 1. The van der Waals surface area contributed by atoms with Gasteiger partial charge in [-0.2, -0.15) is 17.7 Å². The van der Waals surface area contributed by atoms with Crippen LogP contribution in [0.5, 0.6) is 5.75 Å². The maximum atomic E-state index is 12.0. The quantitative estimate of drug-likeness (QED) is 0.388. The van der Waals surface area contributed by atoms with Crippen LogP contribution in [0.1, 0.15) is 25.7 Å². The van der Waals surface area contributed by atoms with Crippen molar-refractivity contribution < 1.29 is 13.2 Å². The van der Waals surface area contributed by atoms with E-state index in [1.54, 1.807) is 7.11 Å². The van der Waals surface area contributed by atoms with Crippen molar-refractivity contribution in [3.8, 4) is 5.75 Å². The summed E-state index contributed by atoms with van der Waals surface area (Å²) in [4.78, 5) is 9.55. The molecule has 2 aromatic carbocycles. The highest BCUT2D eigenvalue weighted by atomic mass is 35.5. The fourth-order valence-electron chi connectivity index (χ4n) is 4.15. The molecule has 0 atom stereocenters. The van der Waals surface area contributed by atoms with Gasteiger partial charge in [0, 0.05) is 37.8 Å². The van der Waals surface area contributed by atoms with Crippen LogP contribution >= 0.6 is 12.4 Å². The summed E-state index contributed by atoms with van der Waals surface area (Å²) in [6.45, 7) is 0.460. The summed E-state index contributed by atoms with van der Waals surface area (Å²) in [6, 6.07) is 15.9. The van der Waals surface area contributed by atoms with Crippen LogP contribution in [0.15, 0.2) is 48.5 Å². The number of anilines is 3. The van der Waals surface area contributed by atoms with Gasteiger partial charge in [-0.1, -0.05) is 24.3 Å². The molecule has 3 aromatic rings. The Morgan fingerprint density at radius 1 is 1.00 bits per heavy atom. The van der Waals surface area contributed by atoms with Crippen LogP contribution in [0.3, 0.4) is 0 Å². The van der Waals surface area contributed by atoms with Crippen LogP contribution < -0.4 is 20.1 Å². The van der Waals surface area contributed by atoms with Gasteiger partial charge in [0.2, 0.25) is 5.95 Å². The Bertz CT molecular complexity index is 1220. The van der Waals surface area contributed by atoms with Crippen molar-refractivity contribution in [1.82, 2.24) is 19.0 Å². The van der Waals surface area contributed by atoms with Crippen molar-refractivity contribution in [2.24, 2.45) is 5.92 Å². The zero-order valence-corrected chi connectivity index (χ0v) is 21.8. The average Bonchev–Trinajstić information content (AvgIpc) is 2.84. The van der Waals surface area contributed by atoms with E-state index in [0.29, 0.717) is 30.0 Å². The average molecular weight is 521 g/mol. The lowest BCUT2D eigenvalue weighted by Gasteiger charge is -2.29. The highest BCUT2D eigenvalue weighted by molar-refractivity contribution is 7.87. The Morgan fingerprint density at radius 3 is 2.37 bits per heavy atom. The summed E-state index contributed by atoms with van der Waals surface area (Å²) in [5.74, 6) is 2.27. The number of hydrogen-bond acceptors (Lipinski definition) is 7. The van der Waals surface area contributed by atoms with Gasteiger partial charge in [0.1, 0.15) is 17.1 Å². The first-order chi connectivity index (χ1) is 16.4. The summed E-state index contributed by atoms with van der Waals surface area (Å²) < 4.78 is 33.4. The molecule has 1 saturated carbocycles. The van der Waals surface area contributed by atoms with Crippen molar-refractivity contribution in [3.05, 3.63) is 48.5 Å². The second-order valence-electron chi connectivity index (χ2n) is 8.74. The predicted molar refractivity (Wildman–Crippen MR) is 143 cm³/mol. The Hall–Kier alpha value is -2.66. The smallest absolute Gasteiger partial charge is 0.278 e. The monoisotopic (exact) mass is 520 g/mol. The van der Waals surface area contributed by atoms with Gasteiger partial charge in [0.25, 0.3) is 10.2 Å². The fourth-order valence-corrected chi connectivity index (χ4v) is 4.86. The van der Waals surface area contributed by atoms with Gasteiger partial charge in [0.15, 0.2) is 0 Å². The molecule has 1 heterocycles. The number of aromatic nitrogens is 2. The van der Waals surface area contributed by atoms with Gasteiger partial charge < -0.3 is 15.4 Å². The topological polar surface area (TPSA) is 108 Å². The first kappa shape index (κ1) is 26.9. The van der Waals surface area contributed by atoms with Gasteiger partial charge in [0.05, 0.1) is 7.11 Å². The Morgan fingerprint density at radius 2 is 1.71 bits per heavy atom. The second-order valence-corrected chi connectivity index (χ2v) is 10.7. The highest BCUT2D eigenvalue weighted by Crippen LogP contribution is 2.32. The molecular formula is C24H33ClN6O3S. The molecule has 35 heavy (non-hydrogen) atoms. The molecule has 0 unspecified atom stereocenters. The van der Waals surface area contributed by atoms with Crippen molar-refractivity contribution in [1.29, 1.82) is 0 Å². The molecule has 4 rings (SSSR count). The maximum absolute atomic E-state index is 12.0. The molecule has 9 nitrogen and oxygen atoms in total. The van der Waals surface area contributed by atoms with Crippen molar-refractivity contribution in [2.45, 2.75) is 31.7 Å². The minimum Gasteiger partial charge on any atom is -0.494 e. The van der Waals surface area contributed by atoms with Crippen LogP contribution in [0.4, 0.5) is 17.5 Å². The summed E-state index contributed by atoms with van der Waals surface area (Å²) >= 11 is 0. The Kier molecular flexibility index (Phi) is 9.12. The highest BCUT2D eigenvalue weighted by Gasteiger charge is 2.24. The van der Waals surface area contributed by atoms with Crippen LogP contribution in [0.2, 0.25) is 0 Å². The molecular weight excluding hydrogens is 488 g/mol. The number of benzene rings is 2. The third-order valence-corrected chi connectivity index (χ3v) is 7.65. The summed E-state index contributed by atoms with van der Waals surface area (Å²) in [5, 5.41) is 7.78. The molecule has 1 aliphatic rings. The van der Waals surface area contributed by atoms with E-state index in [1.165, 1.54) is 18.4 Å². The zero-order chi connectivity index (χ0) is 24.1. The van der Waals surface area contributed by atoms with Gasteiger partial charge in [-0.05, 0) is 55.9 Å². The fraction of sp³-hybridized carbons (Fsp3) is 0.417. The van der Waals surface area contributed by atoms with E-state index in [9.17, 15) is 8.42 Å². The molecule has 11 heteroatoms. The number of rotatable bonds is 9. The number of ether oxygens (including phenoxy) is 1. The first-order valence-corrected chi connectivity index (χ1v) is 12.9. The molecule has 0 spiro atoms.